The second kappa shape index (κ2) is 4.63. The minimum absolute atomic E-state index is 0.00977. The van der Waals surface area contributed by atoms with Crippen molar-refractivity contribution in [2.45, 2.75) is 6.92 Å². The Labute approximate surface area is 101 Å². The summed E-state index contributed by atoms with van der Waals surface area (Å²) in [5, 5.41) is 0.0958. The van der Waals surface area contributed by atoms with Crippen LogP contribution in [-0.4, -0.2) is 22.5 Å². The van der Waals surface area contributed by atoms with E-state index in [9.17, 15) is 9.18 Å². The minimum Gasteiger partial charge on any atom is -0.461 e. The number of rotatable bonds is 2. The van der Waals surface area contributed by atoms with Gasteiger partial charge in [-0.1, -0.05) is 12.1 Å². The van der Waals surface area contributed by atoms with E-state index < -0.39 is 11.8 Å². The lowest BCUT2D eigenvalue weighted by atomic mass is 10.2. The summed E-state index contributed by atoms with van der Waals surface area (Å²) in [6.45, 7) is 1.88. The number of fused-ring (bicyclic) bond motifs is 1. The predicted octanol–water partition coefficient (Wildman–Crippen LogP) is 2.60. The lowest BCUT2D eigenvalue weighted by Crippen LogP contribution is -2.09. The Morgan fingerprint density at radius 3 is 2.94 bits per heavy atom. The molecule has 4 nitrogen and oxygen atoms in total. The number of hydrogen-bond donors (Lipinski definition) is 0. The van der Waals surface area contributed by atoms with Crippen molar-refractivity contribution in [3.63, 3.8) is 0 Å². The first-order chi connectivity index (χ1) is 8.13. The third-order valence-electron chi connectivity index (χ3n) is 2.12. The van der Waals surface area contributed by atoms with Gasteiger partial charge in [-0.3, -0.25) is 0 Å². The van der Waals surface area contributed by atoms with Gasteiger partial charge in [-0.25, -0.2) is 19.2 Å². The number of benzene rings is 1. The molecule has 0 saturated carbocycles. The smallest absolute Gasteiger partial charge is 0.357 e. The van der Waals surface area contributed by atoms with E-state index in [-0.39, 0.29) is 28.5 Å². The zero-order valence-corrected chi connectivity index (χ0v) is 9.66. The van der Waals surface area contributed by atoms with Crippen molar-refractivity contribution in [1.29, 1.82) is 0 Å². The molecule has 0 aliphatic carbocycles. The number of hydrogen-bond acceptors (Lipinski definition) is 4. The molecule has 6 heteroatoms. The maximum Gasteiger partial charge on any atom is 0.357 e. The van der Waals surface area contributed by atoms with Gasteiger partial charge < -0.3 is 4.74 Å². The first-order valence-corrected chi connectivity index (χ1v) is 5.30. The van der Waals surface area contributed by atoms with Crippen LogP contribution in [0.2, 0.25) is 5.28 Å². The maximum absolute atomic E-state index is 13.5. The van der Waals surface area contributed by atoms with E-state index in [0.29, 0.717) is 0 Å². The Balaban J connectivity index is 2.70. The Kier molecular flexibility index (Phi) is 3.19. The van der Waals surface area contributed by atoms with Gasteiger partial charge >= 0.3 is 5.97 Å². The average Bonchev–Trinajstić information content (AvgIpc) is 2.30. The Morgan fingerprint density at radius 1 is 1.47 bits per heavy atom. The van der Waals surface area contributed by atoms with E-state index in [4.69, 9.17) is 16.3 Å². The molecule has 0 N–H and O–H groups in total. The van der Waals surface area contributed by atoms with Gasteiger partial charge in [0.15, 0.2) is 5.69 Å². The van der Waals surface area contributed by atoms with Crippen molar-refractivity contribution >= 4 is 28.5 Å². The summed E-state index contributed by atoms with van der Waals surface area (Å²) in [5.74, 6) is -1.20. The summed E-state index contributed by atoms with van der Waals surface area (Å²) < 4.78 is 18.3. The predicted molar refractivity (Wildman–Crippen MR) is 60.5 cm³/mol. The van der Waals surface area contributed by atoms with Crippen LogP contribution in [0.25, 0.3) is 10.9 Å². The summed E-state index contributed by atoms with van der Waals surface area (Å²) in [6.07, 6.45) is 0. The van der Waals surface area contributed by atoms with Crippen molar-refractivity contribution < 1.29 is 13.9 Å². The highest BCUT2D eigenvalue weighted by Gasteiger charge is 2.17. The number of nitrogens with zero attached hydrogens (tertiary/aromatic N) is 2. The Morgan fingerprint density at radius 2 is 2.24 bits per heavy atom. The normalized spacial score (nSPS) is 10.5. The summed E-state index contributed by atoms with van der Waals surface area (Å²) in [7, 11) is 0. The zero-order valence-electron chi connectivity index (χ0n) is 8.91. The molecule has 0 saturated heterocycles. The van der Waals surface area contributed by atoms with E-state index in [2.05, 4.69) is 9.97 Å². The molecule has 0 aliphatic rings. The van der Waals surface area contributed by atoms with E-state index in [1.807, 2.05) is 0 Å². The number of carbonyl (C=O) groups excluding carboxylic acids is 1. The van der Waals surface area contributed by atoms with E-state index >= 15 is 0 Å². The number of esters is 1. The average molecular weight is 255 g/mol. The van der Waals surface area contributed by atoms with Crippen LogP contribution in [0.15, 0.2) is 18.2 Å². The summed E-state index contributed by atoms with van der Waals surface area (Å²) in [4.78, 5) is 19.2. The Bertz CT molecular complexity index is 589. The molecule has 0 bridgehead atoms. The van der Waals surface area contributed by atoms with Crippen molar-refractivity contribution in [1.82, 2.24) is 9.97 Å². The van der Waals surface area contributed by atoms with E-state index in [1.54, 1.807) is 13.0 Å². The number of para-hydroxylation sites is 1. The second-order valence-corrected chi connectivity index (χ2v) is 3.54. The third-order valence-corrected chi connectivity index (χ3v) is 2.29. The van der Waals surface area contributed by atoms with Crippen LogP contribution in [0.3, 0.4) is 0 Å². The van der Waals surface area contributed by atoms with Crippen LogP contribution >= 0.6 is 11.6 Å². The molecule has 0 amide bonds. The molecule has 0 atom stereocenters. The third kappa shape index (κ3) is 2.19. The molecule has 88 valence electrons. The van der Waals surface area contributed by atoms with Crippen LogP contribution < -0.4 is 0 Å². The lowest BCUT2D eigenvalue weighted by molar-refractivity contribution is 0.0522. The van der Waals surface area contributed by atoms with Gasteiger partial charge in [-0.15, -0.1) is 0 Å². The number of aromatic nitrogens is 2. The first kappa shape index (κ1) is 11.7. The SMILES string of the molecule is CCOC(=O)c1nc(Cl)nc2c(F)cccc12. The maximum atomic E-state index is 13.5. The molecule has 0 aliphatic heterocycles. The molecular formula is C11H8ClFN2O2. The standard InChI is InChI=1S/C11H8ClFN2O2/c1-2-17-10(16)9-6-4-3-5-7(13)8(6)14-11(12)15-9/h3-5H,2H2,1H3. The van der Waals surface area contributed by atoms with Crippen molar-refractivity contribution in [3.8, 4) is 0 Å². The van der Waals surface area contributed by atoms with Crippen LogP contribution in [0, 0.1) is 5.82 Å². The van der Waals surface area contributed by atoms with Gasteiger partial charge in [-0.2, -0.15) is 0 Å². The Hall–Kier alpha value is -1.75. The van der Waals surface area contributed by atoms with Gasteiger partial charge in [0.1, 0.15) is 11.3 Å². The molecule has 1 aromatic heterocycles. The summed E-state index contributed by atoms with van der Waals surface area (Å²) >= 11 is 5.64. The molecule has 1 heterocycles. The molecule has 17 heavy (non-hydrogen) atoms. The molecule has 0 radical (unpaired) electrons. The van der Waals surface area contributed by atoms with E-state index in [1.165, 1.54) is 12.1 Å². The largest absolute Gasteiger partial charge is 0.461 e. The van der Waals surface area contributed by atoms with Crippen LogP contribution in [0.4, 0.5) is 4.39 Å². The van der Waals surface area contributed by atoms with Crippen molar-refractivity contribution in [2.75, 3.05) is 6.61 Å². The second-order valence-electron chi connectivity index (χ2n) is 3.20. The highest BCUT2D eigenvalue weighted by atomic mass is 35.5. The van der Waals surface area contributed by atoms with Crippen LogP contribution in [0.5, 0.6) is 0 Å². The molecule has 0 unspecified atom stereocenters. The van der Waals surface area contributed by atoms with Crippen LogP contribution in [-0.2, 0) is 4.74 Å². The topological polar surface area (TPSA) is 52.1 Å². The van der Waals surface area contributed by atoms with Gasteiger partial charge in [-0.05, 0) is 24.6 Å². The molecule has 0 spiro atoms. The zero-order chi connectivity index (χ0) is 12.4. The molecule has 2 rings (SSSR count). The number of halogens is 2. The number of carbonyl (C=O) groups is 1. The van der Waals surface area contributed by atoms with Gasteiger partial charge in [0.05, 0.1) is 6.61 Å². The molecular weight excluding hydrogens is 247 g/mol. The fraction of sp³-hybridized carbons (Fsp3) is 0.182. The quantitative estimate of drug-likeness (QED) is 0.611. The fourth-order valence-corrected chi connectivity index (χ4v) is 1.61. The molecule has 2 aromatic rings. The van der Waals surface area contributed by atoms with Gasteiger partial charge in [0.25, 0.3) is 0 Å². The summed E-state index contributed by atoms with van der Waals surface area (Å²) in [5.41, 5.74) is -0.0168. The highest BCUT2D eigenvalue weighted by Crippen LogP contribution is 2.21. The highest BCUT2D eigenvalue weighted by molar-refractivity contribution is 6.29. The number of ether oxygens (including phenoxy) is 1. The van der Waals surface area contributed by atoms with Gasteiger partial charge in [0.2, 0.25) is 5.28 Å². The fourth-order valence-electron chi connectivity index (χ4n) is 1.44. The van der Waals surface area contributed by atoms with Crippen molar-refractivity contribution in [2.24, 2.45) is 0 Å². The summed E-state index contributed by atoms with van der Waals surface area (Å²) in [6, 6.07) is 4.25. The molecule has 0 fully saturated rings. The first-order valence-electron chi connectivity index (χ1n) is 4.92. The minimum atomic E-state index is -0.646. The van der Waals surface area contributed by atoms with Crippen LogP contribution in [0.1, 0.15) is 17.4 Å². The van der Waals surface area contributed by atoms with Gasteiger partial charge in [0, 0.05) is 5.39 Å². The lowest BCUT2D eigenvalue weighted by Gasteiger charge is -2.05. The van der Waals surface area contributed by atoms with Crippen molar-refractivity contribution in [3.05, 3.63) is 35.0 Å². The monoisotopic (exact) mass is 254 g/mol. The van der Waals surface area contributed by atoms with E-state index in [0.717, 1.165) is 0 Å². The molecule has 1 aromatic carbocycles.